The third-order valence-corrected chi connectivity index (χ3v) is 18.1. The molecule has 1 aliphatic heterocycles. The van der Waals surface area contributed by atoms with Crippen LogP contribution in [0.1, 0.15) is 61.0 Å². The highest BCUT2D eigenvalue weighted by Gasteiger charge is 2.61. The van der Waals surface area contributed by atoms with Crippen LogP contribution in [0.3, 0.4) is 0 Å². The zero-order chi connectivity index (χ0) is 16.9. The molecule has 0 unspecified atom stereocenters. The molecule has 2 rings (SSSR count). The fraction of sp³-hybridized carbons (Fsp3) is 0.684. The van der Waals surface area contributed by atoms with Crippen molar-refractivity contribution in [3.05, 3.63) is 23.8 Å². The normalized spacial score (nSPS) is 19.5. The summed E-state index contributed by atoms with van der Waals surface area (Å²) >= 11 is 0. The van der Waals surface area contributed by atoms with Crippen LogP contribution < -0.4 is 10.4 Å². The Hall–Kier alpha value is -0.386. The van der Waals surface area contributed by atoms with Gasteiger partial charge in [-0.15, -0.1) is 0 Å². The molecule has 0 saturated heterocycles. The van der Waals surface area contributed by atoms with Crippen LogP contribution in [0.25, 0.3) is 0 Å². The molecule has 0 bridgehead atoms. The highest BCUT2D eigenvalue weighted by Crippen LogP contribution is 2.46. The summed E-state index contributed by atoms with van der Waals surface area (Å²) in [6.45, 7) is 21.4. The largest absolute Gasteiger partial charge is 0.448 e. The molecular formula is C19H34OSi2. The van der Waals surface area contributed by atoms with Gasteiger partial charge in [-0.1, -0.05) is 79.2 Å². The lowest BCUT2D eigenvalue weighted by molar-refractivity contribution is 0.491. The lowest BCUT2D eigenvalue weighted by Crippen LogP contribution is -2.56. The van der Waals surface area contributed by atoms with Gasteiger partial charge in [0.15, 0.2) is 0 Å². The van der Waals surface area contributed by atoms with Crippen molar-refractivity contribution < 1.29 is 4.12 Å². The summed E-state index contributed by atoms with van der Waals surface area (Å²) in [5.74, 6) is 0. The fourth-order valence-corrected chi connectivity index (χ4v) is 19.8. The van der Waals surface area contributed by atoms with Crippen molar-refractivity contribution in [2.75, 3.05) is 0 Å². The smallest absolute Gasteiger partial charge is 0.217 e. The van der Waals surface area contributed by atoms with Gasteiger partial charge in [-0.25, -0.2) is 0 Å². The Balaban J connectivity index is 2.83. The standard InChI is InChI=1S/C19H34OSi2/c1-13(2)21(14(3)4)18-11-10-17(9)12-19(18)22(20-21,15(5)6)16(7)8/h10-16H,1-9H3. The first kappa shape index (κ1) is 18.0. The number of hydrogen-bond acceptors (Lipinski definition) is 1. The summed E-state index contributed by atoms with van der Waals surface area (Å²) in [4.78, 5) is 0. The second-order valence-electron chi connectivity index (χ2n) is 8.36. The molecule has 0 atom stereocenters. The molecule has 1 heterocycles. The Morgan fingerprint density at radius 2 is 1.09 bits per heavy atom. The zero-order valence-corrected chi connectivity index (χ0v) is 17.9. The number of rotatable bonds is 4. The van der Waals surface area contributed by atoms with E-state index in [1.54, 1.807) is 10.4 Å². The van der Waals surface area contributed by atoms with Crippen LogP contribution in [-0.4, -0.2) is 16.6 Å². The predicted octanol–water partition coefficient (Wildman–Crippen LogP) is 4.97. The molecule has 124 valence electrons. The Labute approximate surface area is 139 Å². The minimum Gasteiger partial charge on any atom is -0.448 e. The van der Waals surface area contributed by atoms with Crippen LogP contribution >= 0.6 is 0 Å². The molecule has 0 aliphatic carbocycles. The Morgan fingerprint density at radius 1 is 0.682 bits per heavy atom. The highest BCUT2D eigenvalue weighted by atomic mass is 28.4. The van der Waals surface area contributed by atoms with Crippen molar-refractivity contribution in [3.8, 4) is 0 Å². The second kappa shape index (κ2) is 5.92. The van der Waals surface area contributed by atoms with Gasteiger partial charge in [-0.05, 0) is 39.5 Å². The lowest BCUT2D eigenvalue weighted by atomic mass is 10.2. The van der Waals surface area contributed by atoms with E-state index in [9.17, 15) is 0 Å². The third-order valence-electron chi connectivity index (χ3n) is 5.79. The summed E-state index contributed by atoms with van der Waals surface area (Å²) in [5.41, 5.74) is 3.89. The quantitative estimate of drug-likeness (QED) is 0.706. The molecule has 1 aliphatic rings. The van der Waals surface area contributed by atoms with Gasteiger partial charge in [0.2, 0.25) is 16.6 Å². The summed E-state index contributed by atoms with van der Waals surface area (Å²) < 4.78 is 7.39. The molecule has 3 heteroatoms. The Bertz CT molecular complexity index is 530. The molecule has 0 saturated carbocycles. The van der Waals surface area contributed by atoms with Crippen molar-refractivity contribution in [1.82, 2.24) is 0 Å². The average Bonchev–Trinajstić information content (AvgIpc) is 2.71. The maximum atomic E-state index is 7.39. The second-order valence-corrected chi connectivity index (χ2v) is 18.0. The summed E-state index contributed by atoms with van der Waals surface area (Å²) in [6.07, 6.45) is 0. The van der Waals surface area contributed by atoms with Gasteiger partial charge in [-0.2, -0.15) is 0 Å². The summed E-state index contributed by atoms with van der Waals surface area (Å²) in [5, 5.41) is 3.25. The monoisotopic (exact) mass is 334 g/mol. The van der Waals surface area contributed by atoms with Gasteiger partial charge < -0.3 is 4.12 Å². The van der Waals surface area contributed by atoms with E-state index in [0.717, 1.165) is 0 Å². The van der Waals surface area contributed by atoms with E-state index in [4.69, 9.17) is 4.12 Å². The van der Waals surface area contributed by atoms with E-state index in [1.165, 1.54) is 5.56 Å². The first-order valence-corrected chi connectivity index (χ1v) is 13.0. The van der Waals surface area contributed by atoms with Crippen molar-refractivity contribution >= 4 is 27.0 Å². The van der Waals surface area contributed by atoms with E-state index in [-0.39, 0.29) is 0 Å². The molecular weight excluding hydrogens is 300 g/mol. The Kier molecular flexibility index (Phi) is 4.83. The number of aryl methyl sites for hydroxylation is 1. The van der Waals surface area contributed by atoms with Crippen LogP contribution in [-0.2, 0) is 4.12 Å². The minimum absolute atomic E-state index is 0.625. The van der Waals surface area contributed by atoms with Crippen LogP contribution in [0.2, 0.25) is 22.2 Å². The predicted molar refractivity (Wildman–Crippen MR) is 103 cm³/mol. The molecule has 0 radical (unpaired) electrons. The van der Waals surface area contributed by atoms with Gasteiger partial charge in [-0.3, -0.25) is 0 Å². The topological polar surface area (TPSA) is 9.23 Å². The molecule has 0 amide bonds. The number of benzene rings is 1. The number of fused-ring (bicyclic) bond motifs is 1. The fourth-order valence-electron chi connectivity index (χ4n) is 4.76. The van der Waals surface area contributed by atoms with Crippen LogP contribution in [0.4, 0.5) is 0 Å². The van der Waals surface area contributed by atoms with E-state index in [0.29, 0.717) is 22.2 Å². The van der Waals surface area contributed by atoms with Crippen molar-refractivity contribution in [2.45, 2.75) is 84.5 Å². The maximum absolute atomic E-state index is 7.39. The van der Waals surface area contributed by atoms with Gasteiger partial charge >= 0.3 is 0 Å². The van der Waals surface area contributed by atoms with Crippen LogP contribution in [0.15, 0.2) is 18.2 Å². The zero-order valence-electron chi connectivity index (χ0n) is 15.9. The van der Waals surface area contributed by atoms with E-state index >= 15 is 0 Å². The molecule has 1 aromatic rings. The van der Waals surface area contributed by atoms with Gasteiger partial charge in [0.1, 0.15) is 0 Å². The SMILES string of the molecule is Cc1ccc2c(c1)[Si](C(C)C)(C(C)C)O[Si]2(C(C)C)C(C)C. The first-order valence-electron chi connectivity index (χ1n) is 8.92. The molecule has 1 aromatic carbocycles. The molecule has 0 aromatic heterocycles. The van der Waals surface area contributed by atoms with E-state index in [1.807, 2.05) is 0 Å². The molecule has 0 spiro atoms. The van der Waals surface area contributed by atoms with Crippen molar-refractivity contribution in [3.63, 3.8) is 0 Å². The summed E-state index contributed by atoms with van der Waals surface area (Å²) in [6, 6.07) is 7.21. The molecule has 0 N–H and O–H groups in total. The van der Waals surface area contributed by atoms with Crippen LogP contribution in [0, 0.1) is 6.92 Å². The molecule has 22 heavy (non-hydrogen) atoms. The third kappa shape index (κ3) is 2.28. The lowest BCUT2D eigenvalue weighted by Gasteiger charge is -2.42. The molecule has 0 fully saturated rings. The highest BCUT2D eigenvalue weighted by molar-refractivity contribution is 7.09. The number of hydrogen-bond donors (Lipinski definition) is 0. The first-order chi connectivity index (χ1) is 10.1. The Morgan fingerprint density at radius 3 is 1.50 bits per heavy atom. The van der Waals surface area contributed by atoms with Gasteiger partial charge in [0, 0.05) is 0 Å². The van der Waals surface area contributed by atoms with E-state index in [2.05, 4.69) is 80.5 Å². The summed E-state index contributed by atoms with van der Waals surface area (Å²) in [7, 11) is -3.87. The van der Waals surface area contributed by atoms with Gasteiger partial charge in [0.05, 0.1) is 0 Å². The average molecular weight is 335 g/mol. The van der Waals surface area contributed by atoms with E-state index < -0.39 is 16.6 Å². The van der Waals surface area contributed by atoms with Crippen molar-refractivity contribution in [2.24, 2.45) is 0 Å². The van der Waals surface area contributed by atoms with Crippen LogP contribution in [0.5, 0.6) is 0 Å². The van der Waals surface area contributed by atoms with Gasteiger partial charge in [0.25, 0.3) is 0 Å². The maximum Gasteiger partial charge on any atom is 0.217 e. The molecule has 1 nitrogen and oxygen atoms in total. The van der Waals surface area contributed by atoms with Crippen molar-refractivity contribution in [1.29, 1.82) is 0 Å². The minimum atomic E-state index is -1.94.